The number of allylic oxidation sites excluding steroid dienone is 3. The Balaban J connectivity index is 0.611. The van der Waals surface area contributed by atoms with Crippen molar-refractivity contribution in [3.05, 3.63) is 77.4 Å². The molecule has 17 heteroatoms. The highest BCUT2D eigenvalue weighted by Gasteiger charge is 2.43. The molecule has 0 aromatic carbocycles. The fourth-order valence-electron chi connectivity index (χ4n) is 13.0. The lowest BCUT2D eigenvalue weighted by Crippen LogP contribution is -2.50. The molecule has 2 unspecified atom stereocenters. The predicted molar refractivity (Wildman–Crippen MR) is 285 cm³/mol. The topological polar surface area (TPSA) is 199 Å². The van der Waals surface area contributed by atoms with Crippen LogP contribution in [0.2, 0.25) is 0 Å². The van der Waals surface area contributed by atoms with E-state index in [2.05, 4.69) is 61.1 Å². The largest absolute Gasteiger partial charge is 0.481 e. The van der Waals surface area contributed by atoms with E-state index in [1.54, 1.807) is 24.3 Å². The minimum Gasteiger partial charge on any atom is -0.481 e. The van der Waals surface area contributed by atoms with E-state index in [1.165, 1.54) is 5.56 Å². The lowest BCUT2D eigenvalue weighted by Gasteiger charge is -2.40. The predicted octanol–water partition coefficient (Wildman–Crippen LogP) is 5.92. The fourth-order valence-corrected chi connectivity index (χ4v) is 13.0. The number of nitrogens with zero attached hydrogens (tertiary/aromatic N) is 6. The van der Waals surface area contributed by atoms with Crippen molar-refractivity contribution in [1.29, 1.82) is 0 Å². The Hall–Kier alpha value is -5.39. The van der Waals surface area contributed by atoms with Crippen LogP contribution in [0.5, 0.6) is 0 Å². The molecule has 17 nitrogen and oxygen atoms in total. The Morgan fingerprint density at radius 2 is 1.72 bits per heavy atom. The summed E-state index contributed by atoms with van der Waals surface area (Å²) in [6.07, 6.45) is 24.9. The van der Waals surface area contributed by atoms with Crippen LogP contribution < -0.4 is 16.0 Å². The van der Waals surface area contributed by atoms with Gasteiger partial charge in [0.25, 0.3) is 0 Å². The molecule has 4 aliphatic heterocycles. The summed E-state index contributed by atoms with van der Waals surface area (Å²) >= 11 is 0. The number of aliphatic carboxylic acids is 1. The Morgan fingerprint density at radius 1 is 0.933 bits per heavy atom. The second-order valence-corrected chi connectivity index (χ2v) is 22.6. The van der Waals surface area contributed by atoms with Crippen LogP contribution in [-0.4, -0.2) is 162 Å². The van der Waals surface area contributed by atoms with E-state index in [9.17, 15) is 29.1 Å². The molecule has 4 N–H and O–H groups in total. The average molecular weight is 1030 g/mol. The van der Waals surface area contributed by atoms with Crippen molar-refractivity contribution in [3.63, 3.8) is 0 Å². The number of likely N-dealkylation sites (tertiary alicyclic amines) is 2. The first-order chi connectivity index (χ1) is 36.5. The number of nitrogens with one attached hydrogen (secondary N) is 3. The van der Waals surface area contributed by atoms with Gasteiger partial charge in [-0.15, -0.1) is 0 Å². The summed E-state index contributed by atoms with van der Waals surface area (Å²) in [5.74, 6) is 0.719. The number of aryl methyl sites for hydroxylation is 2. The number of anilines is 1. The fraction of sp³-hybridized carbons (Fsp3) is 0.672. The Bertz CT molecular complexity index is 2310. The minimum absolute atomic E-state index is 0.0132. The second-order valence-electron chi connectivity index (χ2n) is 22.6. The van der Waals surface area contributed by atoms with Gasteiger partial charge in [0.2, 0.25) is 23.6 Å². The third-order valence-electron chi connectivity index (χ3n) is 17.4. The SMILES string of the molecule is CN1C(=O)CC(C(=O)NCCO[C@H]2CC[C@H](OCCCC(=O)N[C@H]3CC[C@H](C(=O)N4CCN(C5=CC([C@H](CC(=O)O)CN6CC[C@@H](CCc7ccc8c(n7)NCCC8)C6)CC=C5)CC4)CC3)CC2)[C@H]1c1cccnc1. The van der Waals surface area contributed by atoms with Crippen molar-refractivity contribution in [2.45, 2.75) is 140 Å². The van der Waals surface area contributed by atoms with Crippen molar-refractivity contribution >= 4 is 35.4 Å². The van der Waals surface area contributed by atoms with E-state index in [1.807, 2.05) is 17.0 Å². The lowest BCUT2D eigenvalue weighted by atomic mass is 9.83. The van der Waals surface area contributed by atoms with Gasteiger partial charge in [-0.25, -0.2) is 4.98 Å². The van der Waals surface area contributed by atoms with E-state index in [0.29, 0.717) is 51.6 Å². The number of carbonyl (C=O) groups excluding carboxylic acids is 4. The number of fused-ring (bicyclic) bond motifs is 1. The highest BCUT2D eigenvalue weighted by molar-refractivity contribution is 5.90. The number of carboxylic acid groups (broad SMARTS) is 1. The van der Waals surface area contributed by atoms with E-state index < -0.39 is 11.9 Å². The van der Waals surface area contributed by atoms with Gasteiger partial charge >= 0.3 is 5.97 Å². The maximum Gasteiger partial charge on any atom is 0.303 e. The van der Waals surface area contributed by atoms with Crippen LogP contribution in [-0.2, 0) is 46.3 Å². The van der Waals surface area contributed by atoms with Gasteiger partial charge in [0.05, 0.1) is 30.8 Å². The lowest BCUT2D eigenvalue weighted by molar-refractivity contribution is -0.139. The summed E-state index contributed by atoms with van der Waals surface area (Å²) in [4.78, 5) is 82.0. The third kappa shape index (κ3) is 15.0. The van der Waals surface area contributed by atoms with Gasteiger partial charge in [0.1, 0.15) is 5.82 Å². The summed E-state index contributed by atoms with van der Waals surface area (Å²) in [6.45, 7) is 8.02. The van der Waals surface area contributed by atoms with Crippen LogP contribution >= 0.6 is 0 Å². The van der Waals surface area contributed by atoms with Gasteiger partial charge in [-0.3, -0.25) is 29.0 Å². The number of carbonyl (C=O) groups is 5. The molecule has 4 amide bonds. The van der Waals surface area contributed by atoms with Gasteiger partial charge in [-0.05, 0) is 150 Å². The zero-order valence-electron chi connectivity index (χ0n) is 44.4. The normalized spacial score (nSPS) is 27.6. The van der Waals surface area contributed by atoms with Gasteiger partial charge in [-0.2, -0.15) is 0 Å². The Kier molecular flexibility index (Phi) is 19.3. The van der Waals surface area contributed by atoms with Gasteiger partial charge in [0.15, 0.2) is 0 Å². The summed E-state index contributed by atoms with van der Waals surface area (Å²) < 4.78 is 12.3. The number of amides is 4. The maximum atomic E-state index is 13.8. The van der Waals surface area contributed by atoms with Crippen molar-refractivity contribution < 1.29 is 38.6 Å². The molecule has 0 radical (unpaired) electrons. The highest BCUT2D eigenvalue weighted by atomic mass is 16.5. The van der Waals surface area contributed by atoms with Crippen LogP contribution in [0.3, 0.4) is 0 Å². The van der Waals surface area contributed by atoms with Gasteiger partial charge in [-0.1, -0.05) is 24.3 Å². The number of carboxylic acids is 1. The number of hydrogen-bond acceptors (Lipinski definition) is 12. The first-order valence-corrected chi connectivity index (χ1v) is 28.6. The quantitative estimate of drug-likeness (QED) is 0.102. The van der Waals surface area contributed by atoms with Crippen molar-refractivity contribution in [1.82, 2.24) is 40.2 Å². The van der Waals surface area contributed by atoms with E-state index in [0.717, 1.165) is 152 Å². The molecule has 2 saturated carbocycles. The summed E-state index contributed by atoms with van der Waals surface area (Å²) in [5.41, 5.74) is 4.49. The molecule has 3 aliphatic carbocycles. The monoisotopic (exact) mass is 1030 g/mol. The molecule has 2 aromatic rings. The molecule has 7 aliphatic rings. The number of rotatable bonds is 22. The first kappa shape index (κ1) is 54.4. The molecule has 6 heterocycles. The molecule has 2 aromatic heterocycles. The maximum absolute atomic E-state index is 13.8. The molecule has 0 spiro atoms. The number of ether oxygens (including phenoxy) is 2. The summed E-state index contributed by atoms with van der Waals surface area (Å²) in [5, 5.41) is 19.7. The van der Waals surface area contributed by atoms with Gasteiger partial charge in [0, 0.05) is 121 Å². The standard InChI is InChI=1S/C58H83N9O8/c1-64-53(69)36-51(55(64)44-8-3-24-59-37-44)57(72)61-26-33-75-50-21-19-49(20-22-50)74-32-5-10-52(68)62-46-17-13-42(14-18-46)58(73)67-30-28-66(29-31-67)48-9-2-6-43(34-48)45(35-54(70)71)39-65-27-23-40(38-65)11-15-47-16-12-41-7-4-25-60-56(41)63-47/h2-3,8-9,12,16,24,34,37,40,42-43,45-46,49-51,55H,4-7,10-11,13-15,17-23,25-33,35-36,38-39H2,1H3,(H,60,63)(H,61,72)(H,62,68)(H,70,71)/t40-,42-,43?,45-,46-,49-,50-,51?,55-/m1/s1. The van der Waals surface area contributed by atoms with E-state index in [4.69, 9.17) is 14.5 Å². The van der Waals surface area contributed by atoms with Crippen LogP contribution in [0, 0.1) is 29.6 Å². The molecule has 75 heavy (non-hydrogen) atoms. The number of hydrogen-bond donors (Lipinski definition) is 4. The van der Waals surface area contributed by atoms with Crippen LogP contribution in [0.1, 0.15) is 126 Å². The molecule has 0 bridgehead atoms. The molecule has 408 valence electrons. The summed E-state index contributed by atoms with van der Waals surface area (Å²) in [7, 11) is 1.74. The van der Waals surface area contributed by atoms with Crippen LogP contribution in [0.4, 0.5) is 5.82 Å². The Morgan fingerprint density at radius 3 is 2.48 bits per heavy atom. The zero-order chi connectivity index (χ0) is 52.1. The molecular formula is C58H83N9O8. The smallest absolute Gasteiger partial charge is 0.303 e. The third-order valence-corrected chi connectivity index (χ3v) is 17.4. The molecule has 3 saturated heterocycles. The van der Waals surface area contributed by atoms with Crippen molar-refractivity contribution in [3.8, 4) is 0 Å². The first-order valence-electron chi connectivity index (χ1n) is 28.6. The summed E-state index contributed by atoms with van der Waals surface area (Å²) in [6, 6.07) is 7.92. The van der Waals surface area contributed by atoms with Crippen molar-refractivity contribution in [2.24, 2.45) is 29.6 Å². The average Bonchev–Trinajstić information content (AvgIpc) is 4.02. The molecule has 5 fully saturated rings. The van der Waals surface area contributed by atoms with Gasteiger partial charge < -0.3 is 50.1 Å². The van der Waals surface area contributed by atoms with E-state index in [-0.39, 0.29) is 78.5 Å². The van der Waals surface area contributed by atoms with Crippen LogP contribution in [0.25, 0.3) is 0 Å². The zero-order valence-corrected chi connectivity index (χ0v) is 44.4. The molecule has 9 rings (SSSR count). The number of piperazine rings is 1. The van der Waals surface area contributed by atoms with E-state index >= 15 is 0 Å². The number of pyridine rings is 2. The Labute approximate surface area is 444 Å². The molecule has 5 atom stereocenters. The number of aromatic nitrogens is 2. The van der Waals surface area contributed by atoms with Crippen LogP contribution in [0.15, 0.2) is 60.6 Å². The molecular weight excluding hydrogens is 951 g/mol. The second kappa shape index (κ2) is 26.6. The minimum atomic E-state index is -0.736. The van der Waals surface area contributed by atoms with Crippen molar-refractivity contribution in [2.75, 3.05) is 84.5 Å². The highest BCUT2D eigenvalue weighted by Crippen LogP contribution is 2.37.